The van der Waals surface area contributed by atoms with Crippen LogP contribution in [0.1, 0.15) is 26.3 Å². The molecule has 116 valence electrons. The summed E-state index contributed by atoms with van der Waals surface area (Å²) >= 11 is 1.36. The summed E-state index contributed by atoms with van der Waals surface area (Å²) in [6.45, 7) is 5.28. The minimum Gasteiger partial charge on any atom is -0.480 e. The van der Waals surface area contributed by atoms with Gasteiger partial charge in [-0.1, -0.05) is 32.9 Å². The van der Waals surface area contributed by atoms with Crippen LogP contribution in [0.3, 0.4) is 0 Å². The van der Waals surface area contributed by atoms with Crippen molar-refractivity contribution in [2.45, 2.75) is 32.6 Å². The van der Waals surface area contributed by atoms with E-state index < -0.39 is 17.4 Å². The van der Waals surface area contributed by atoms with Crippen LogP contribution < -0.4 is 5.32 Å². The average Bonchev–Trinajstić information content (AvgIpc) is 2.36. The van der Waals surface area contributed by atoms with Crippen molar-refractivity contribution in [2.75, 3.05) is 5.75 Å². The number of carboxylic acids is 1. The van der Waals surface area contributed by atoms with Gasteiger partial charge in [0, 0.05) is 5.75 Å². The smallest absolute Gasteiger partial charge is 0.326 e. The Morgan fingerprint density at radius 1 is 1.29 bits per heavy atom. The molecule has 0 aliphatic carbocycles. The number of carboxylic acid groups (broad SMARTS) is 1. The maximum atomic E-state index is 12.7. The van der Waals surface area contributed by atoms with Crippen molar-refractivity contribution in [3.05, 3.63) is 35.6 Å². The van der Waals surface area contributed by atoms with E-state index in [-0.39, 0.29) is 17.5 Å². The highest BCUT2D eigenvalue weighted by molar-refractivity contribution is 7.99. The van der Waals surface area contributed by atoms with Gasteiger partial charge in [0.25, 0.3) is 0 Å². The second-order valence-corrected chi connectivity index (χ2v) is 6.81. The third-order valence-electron chi connectivity index (χ3n) is 2.83. The Bertz CT molecular complexity index is 497. The van der Waals surface area contributed by atoms with E-state index in [1.165, 1.54) is 23.9 Å². The number of aliphatic carboxylic acids is 1. The molecule has 1 amide bonds. The molecular formula is C15H20FNO3S. The Kier molecular flexibility index (Phi) is 6.20. The molecule has 1 aromatic carbocycles. The van der Waals surface area contributed by atoms with Gasteiger partial charge in [-0.15, -0.1) is 11.8 Å². The summed E-state index contributed by atoms with van der Waals surface area (Å²) in [4.78, 5) is 22.9. The van der Waals surface area contributed by atoms with Crippen LogP contribution in [-0.4, -0.2) is 28.8 Å². The standard InChI is InChI=1S/C15H20FNO3S/c1-15(2,3)13(14(19)20)17-12(18)9-21-8-10-4-6-11(16)7-5-10/h4-7,13H,8-9H2,1-3H3,(H,17,18)(H,19,20)/t13-/m0/s1. The lowest BCUT2D eigenvalue weighted by Crippen LogP contribution is -2.49. The largest absolute Gasteiger partial charge is 0.480 e. The van der Waals surface area contributed by atoms with Gasteiger partial charge < -0.3 is 10.4 Å². The van der Waals surface area contributed by atoms with E-state index >= 15 is 0 Å². The quantitative estimate of drug-likeness (QED) is 0.847. The van der Waals surface area contributed by atoms with Gasteiger partial charge in [0.15, 0.2) is 0 Å². The van der Waals surface area contributed by atoms with E-state index in [0.717, 1.165) is 5.56 Å². The van der Waals surface area contributed by atoms with Crippen LogP contribution in [0.5, 0.6) is 0 Å². The molecular weight excluding hydrogens is 293 g/mol. The highest BCUT2D eigenvalue weighted by Gasteiger charge is 2.32. The predicted octanol–water partition coefficient (Wildman–Crippen LogP) is 2.67. The summed E-state index contributed by atoms with van der Waals surface area (Å²) in [6.07, 6.45) is 0. The van der Waals surface area contributed by atoms with Crippen LogP contribution in [0.2, 0.25) is 0 Å². The second kappa shape index (κ2) is 7.45. The van der Waals surface area contributed by atoms with Gasteiger partial charge in [-0.2, -0.15) is 0 Å². The molecule has 2 N–H and O–H groups in total. The summed E-state index contributed by atoms with van der Waals surface area (Å²) in [5, 5.41) is 11.7. The van der Waals surface area contributed by atoms with Crippen molar-refractivity contribution in [1.29, 1.82) is 0 Å². The molecule has 0 aliphatic rings. The number of hydrogen-bond donors (Lipinski definition) is 2. The molecule has 4 nitrogen and oxygen atoms in total. The second-order valence-electron chi connectivity index (χ2n) is 5.82. The molecule has 0 spiro atoms. The minimum atomic E-state index is -1.04. The molecule has 1 rings (SSSR count). The summed E-state index contributed by atoms with van der Waals surface area (Å²) in [7, 11) is 0. The zero-order chi connectivity index (χ0) is 16.0. The third kappa shape index (κ3) is 6.16. The first-order chi connectivity index (χ1) is 9.70. The van der Waals surface area contributed by atoms with Crippen LogP contribution in [0, 0.1) is 11.2 Å². The Balaban J connectivity index is 2.43. The number of rotatable bonds is 6. The van der Waals surface area contributed by atoms with Crippen molar-refractivity contribution in [3.8, 4) is 0 Å². The van der Waals surface area contributed by atoms with E-state index in [1.807, 2.05) is 0 Å². The van der Waals surface area contributed by atoms with E-state index in [2.05, 4.69) is 5.32 Å². The molecule has 1 aromatic rings. The fourth-order valence-electron chi connectivity index (χ4n) is 1.69. The Hall–Kier alpha value is -1.56. The maximum absolute atomic E-state index is 12.7. The lowest BCUT2D eigenvalue weighted by Gasteiger charge is -2.27. The third-order valence-corrected chi connectivity index (χ3v) is 3.84. The van der Waals surface area contributed by atoms with Crippen LogP contribution in [-0.2, 0) is 15.3 Å². The number of benzene rings is 1. The number of thioether (sulfide) groups is 1. The lowest BCUT2D eigenvalue weighted by atomic mass is 9.87. The zero-order valence-electron chi connectivity index (χ0n) is 12.4. The molecule has 0 bridgehead atoms. The summed E-state index contributed by atoms with van der Waals surface area (Å²) in [5.41, 5.74) is 0.364. The summed E-state index contributed by atoms with van der Waals surface area (Å²) < 4.78 is 12.7. The van der Waals surface area contributed by atoms with Crippen molar-refractivity contribution in [2.24, 2.45) is 5.41 Å². The Morgan fingerprint density at radius 2 is 1.86 bits per heavy atom. The Labute approximate surface area is 128 Å². The van der Waals surface area contributed by atoms with E-state index in [9.17, 15) is 14.0 Å². The number of carbonyl (C=O) groups is 2. The number of halogens is 1. The topological polar surface area (TPSA) is 66.4 Å². The molecule has 0 aliphatic heterocycles. The molecule has 0 heterocycles. The van der Waals surface area contributed by atoms with Crippen LogP contribution in [0.25, 0.3) is 0 Å². The van der Waals surface area contributed by atoms with E-state index in [1.54, 1.807) is 32.9 Å². The van der Waals surface area contributed by atoms with Crippen LogP contribution in [0.15, 0.2) is 24.3 Å². The van der Waals surface area contributed by atoms with Crippen molar-refractivity contribution >= 4 is 23.6 Å². The van der Waals surface area contributed by atoms with Gasteiger partial charge >= 0.3 is 5.97 Å². The van der Waals surface area contributed by atoms with Gasteiger partial charge in [0.2, 0.25) is 5.91 Å². The van der Waals surface area contributed by atoms with Gasteiger partial charge in [-0.05, 0) is 23.1 Å². The van der Waals surface area contributed by atoms with Crippen molar-refractivity contribution < 1.29 is 19.1 Å². The first-order valence-corrected chi connectivity index (χ1v) is 7.70. The molecule has 21 heavy (non-hydrogen) atoms. The highest BCUT2D eigenvalue weighted by atomic mass is 32.2. The van der Waals surface area contributed by atoms with E-state index in [0.29, 0.717) is 5.75 Å². The van der Waals surface area contributed by atoms with Crippen LogP contribution in [0.4, 0.5) is 4.39 Å². The van der Waals surface area contributed by atoms with Gasteiger partial charge in [-0.3, -0.25) is 4.79 Å². The molecule has 6 heteroatoms. The average molecular weight is 313 g/mol. The first kappa shape index (κ1) is 17.5. The molecule has 0 fully saturated rings. The first-order valence-electron chi connectivity index (χ1n) is 6.54. The highest BCUT2D eigenvalue weighted by Crippen LogP contribution is 2.20. The van der Waals surface area contributed by atoms with Gasteiger partial charge in [0.1, 0.15) is 11.9 Å². The van der Waals surface area contributed by atoms with Gasteiger partial charge in [-0.25, -0.2) is 9.18 Å². The fourth-order valence-corrected chi connectivity index (χ4v) is 2.49. The molecule has 1 atom stereocenters. The molecule has 0 saturated heterocycles. The molecule has 0 radical (unpaired) electrons. The number of carbonyl (C=O) groups excluding carboxylic acids is 1. The molecule has 0 aromatic heterocycles. The lowest BCUT2D eigenvalue weighted by molar-refractivity contribution is -0.144. The Morgan fingerprint density at radius 3 is 2.33 bits per heavy atom. The SMILES string of the molecule is CC(C)(C)[C@@H](NC(=O)CSCc1ccc(F)cc1)C(=O)O. The van der Waals surface area contributed by atoms with E-state index in [4.69, 9.17) is 5.11 Å². The maximum Gasteiger partial charge on any atom is 0.326 e. The monoisotopic (exact) mass is 313 g/mol. The predicted molar refractivity (Wildman–Crippen MR) is 81.6 cm³/mol. The normalized spacial score (nSPS) is 12.8. The molecule has 0 unspecified atom stereocenters. The fraction of sp³-hybridized carbons (Fsp3) is 0.467. The number of hydrogen-bond acceptors (Lipinski definition) is 3. The zero-order valence-corrected chi connectivity index (χ0v) is 13.2. The molecule has 0 saturated carbocycles. The van der Waals surface area contributed by atoms with Crippen molar-refractivity contribution in [3.63, 3.8) is 0 Å². The minimum absolute atomic E-state index is 0.164. The van der Waals surface area contributed by atoms with Gasteiger partial charge in [0.05, 0.1) is 5.75 Å². The summed E-state index contributed by atoms with van der Waals surface area (Å²) in [6, 6.07) is 5.15. The summed E-state index contributed by atoms with van der Waals surface area (Å²) in [5.74, 6) is -0.919. The van der Waals surface area contributed by atoms with Crippen LogP contribution >= 0.6 is 11.8 Å². The number of amides is 1. The van der Waals surface area contributed by atoms with Crippen molar-refractivity contribution in [1.82, 2.24) is 5.32 Å². The number of nitrogens with one attached hydrogen (secondary N) is 1.